The fourth-order valence-corrected chi connectivity index (χ4v) is 9.39. The Kier molecular flexibility index (Phi) is 16.9. The van der Waals surface area contributed by atoms with E-state index >= 15 is 0 Å². The minimum Gasteiger partial charge on any atom is -0.456 e. The molecule has 0 spiro atoms. The Balaban J connectivity index is 1.76. The molecule has 0 aromatic heterocycles. The van der Waals surface area contributed by atoms with E-state index < -0.39 is 83.9 Å². The third-order valence-corrected chi connectivity index (χ3v) is 12.9. The van der Waals surface area contributed by atoms with Gasteiger partial charge in [0.15, 0.2) is 0 Å². The molecule has 1 saturated carbocycles. The van der Waals surface area contributed by atoms with Crippen molar-refractivity contribution >= 4 is 23.4 Å². The number of nitrogens with zero attached hydrogens (tertiary/aromatic N) is 1. The highest BCUT2D eigenvalue weighted by molar-refractivity contribution is 6.39. The summed E-state index contributed by atoms with van der Waals surface area (Å²) in [4.78, 5) is 57.6. The number of fused-ring (bicyclic) bond motifs is 3. The van der Waals surface area contributed by atoms with Crippen molar-refractivity contribution in [3.05, 3.63) is 23.3 Å². The Hall–Kier alpha value is -2.52. The topological polar surface area (TPSA) is 178 Å². The lowest BCUT2D eigenvalue weighted by atomic mass is 9.81. The fraction of sp³-hybridized carbons (Fsp3) is 0.814. The standard InChI is InChI=1S/C43H69NO12/c1-10-30-18-24(2)17-25(3)19-36(53-8)39-37(54-9)21-27(5)43(51,56-39)40(48)41(49)44-16-12-11-13-31(44)42(50)55-38(28(6)33(46)23-34(30)47)26(4)20-29-14-15-32(45)35(22-29)52-7/h18,20,25,27-33,35-39,45-46,51H,10-17,19,21-23H2,1-9H3/b24-18+,26-20+/t25-,27+,28+,29-,30?,31-,32+,33-,35+,36?,37-,38?,39?,43+/m0/s1. The number of ketones is 2. The Morgan fingerprint density at radius 2 is 1.57 bits per heavy atom. The van der Waals surface area contributed by atoms with Crippen LogP contribution in [0.3, 0.4) is 0 Å². The van der Waals surface area contributed by atoms with Gasteiger partial charge in [0.05, 0.1) is 30.5 Å². The number of aliphatic hydroxyl groups excluding tert-OH is 2. The zero-order chi connectivity index (χ0) is 41.5. The molecule has 3 fully saturated rings. The predicted octanol–water partition coefficient (Wildman–Crippen LogP) is 4.47. The van der Waals surface area contributed by atoms with Crippen LogP contribution in [-0.4, -0.2) is 126 Å². The number of amides is 1. The molecule has 4 unspecified atom stereocenters. The second-order valence-electron chi connectivity index (χ2n) is 17.2. The molecule has 1 aliphatic carbocycles. The summed E-state index contributed by atoms with van der Waals surface area (Å²) in [5.74, 6) is -7.50. The molecule has 1 amide bonds. The van der Waals surface area contributed by atoms with Crippen LogP contribution in [-0.2, 0) is 42.9 Å². The molecule has 0 aromatic rings. The van der Waals surface area contributed by atoms with E-state index in [-0.39, 0.29) is 49.5 Å². The number of hydrogen-bond acceptors (Lipinski definition) is 12. The minimum atomic E-state index is -2.50. The monoisotopic (exact) mass is 791 g/mol. The van der Waals surface area contributed by atoms with Crippen LogP contribution in [0.1, 0.15) is 112 Å². The third-order valence-electron chi connectivity index (χ3n) is 12.9. The van der Waals surface area contributed by atoms with Crippen LogP contribution in [0.5, 0.6) is 0 Å². The van der Waals surface area contributed by atoms with Crippen LogP contribution in [0.15, 0.2) is 23.3 Å². The molecule has 2 bridgehead atoms. The fourth-order valence-electron chi connectivity index (χ4n) is 9.39. The van der Waals surface area contributed by atoms with Crippen LogP contribution in [0.25, 0.3) is 0 Å². The first-order valence-electron chi connectivity index (χ1n) is 20.8. The smallest absolute Gasteiger partial charge is 0.329 e. The highest BCUT2D eigenvalue weighted by Gasteiger charge is 2.56. The number of carbonyl (C=O) groups excluding carboxylic acids is 4. The highest BCUT2D eigenvalue weighted by atomic mass is 16.7. The van der Waals surface area contributed by atoms with Crippen LogP contribution in [0, 0.1) is 29.6 Å². The van der Waals surface area contributed by atoms with Gasteiger partial charge in [-0.25, -0.2) is 4.79 Å². The first-order chi connectivity index (χ1) is 26.5. The van der Waals surface area contributed by atoms with E-state index in [0.29, 0.717) is 56.9 Å². The molecule has 0 radical (unpaired) electrons. The van der Waals surface area contributed by atoms with Gasteiger partial charge in [-0.15, -0.1) is 0 Å². The summed E-state index contributed by atoms with van der Waals surface area (Å²) in [7, 11) is 4.63. The van der Waals surface area contributed by atoms with E-state index in [4.69, 9.17) is 23.7 Å². The Labute approximate surface area is 333 Å². The normalized spacial score (nSPS) is 41.6. The van der Waals surface area contributed by atoms with Gasteiger partial charge in [-0.2, -0.15) is 0 Å². The second-order valence-corrected chi connectivity index (χ2v) is 17.2. The number of aliphatic hydroxyl groups is 3. The van der Waals surface area contributed by atoms with E-state index in [1.54, 1.807) is 21.0 Å². The maximum Gasteiger partial charge on any atom is 0.329 e. The summed E-state index contributed by atoms with van der Waals surface area (Å²) in [6, 6.07) is -1.13. The minimum absolute atomic E-state index is 0.000914. The van der Waals surface area contributed by atoms with Gasteiger partial charge in [0.1, 0.15) is 24.0 Å². The average Bonchev–Trinajstić information content (AvgIpc) is 3.18. The first kappa shape index (κ1) is 46.2. The number of Topliss-reactive ketones (excluding diaryl/α,β-unsaturated/α-hetero) is 2. The Bertz CT molecular complexity index is 1430. The summed E-state index contributed by atoms with van der Waals surface area (Å²) in [6.45, 7) is 11.3. The Morgan fingerprint density at radius 3 is 2.21 bits per heavy atom. The maximum atomic E-state index is 14.3. The quantitative estimate of drug-likeness (QED) is 0.196. The summed E-state index contributed by atoms with van der Waals surface area (Å²) in [5.41, 5.74) is 1.66. The second kappa shape index (κ2) is 20.4. The molecule has 13 nitrogen and oxygen atoms in total. The number of esters is 1. The molecule has 318 valence electrons. The van der Waals surface area contributed by atoms with Crippen molar-refractivity contribution in [3.63, 3.8) is 0 Å². The average molecular weight is 792 g/mol. The number of allylic oxidation sites excluding steroid dienone is 3. The molecule has 4 aliphatic rings. The lowest BCUT2D eigenvalue weighted by Crippen LogP contribution is -2.64. The summed E-state index contributed by atoms with van der Waals surface area (Å²) in [6.07, 6.45) is 3.72. The van der Waals surface area contributed by atoms with Crippen LogP contribution in [0.4, 0.5) is 0 Å². The molecule has 4 rings (SSSR count). The number of methoxy groups -OCH3 is 3. The maximum absolute atomic E-state index is 14.3. The van der Waals surface area contributed by atoms with Crippen molar-refractivity contribution in [1.82, 2.24) is 4.90 Å². The van der Waals surface area contributed by atoms with Crippen molar-refractivity contribution in [2.45, 2.75) is 167 Å². The summed E-state index contributed by atoms with van der Waals surface area (Å²) in [5, 5.41) is 34.1. The molecule has 0 aromatic carbocycles. The highest BCUT2D eigenvalue weighted by Crippen LogP contribution is 2.39. The van der Waals surface area contributed by atoms with E-state index in [2.05, 4.69) is 6.92 Å². The van der Waals surface area contributed by atoms with Crippen LogP contribution >= 0.6 is 0 Å². The van der Waals surface area contributed by atoms with E-state index in [1.165, 1.54) is 19.1 Å². The molecular weight excluding hydrogens is 722 g/mol. The van der Waals surface area contributed by atoms with Crippen LogP contribution in [0.2, 0.25) is 0 Å². The summed E-state index contributed by atoms with van der Waals surface area (Å²) < 4.78 is 29.7. The summed E-state index contributed by atoms with van der Waals surface area (Å²) >= 11 is 0. The van der Waals surface area contributed by atoms with Crippen LogP contribution < -0.4 is 0 Å². The van der Waals surface area contributed by atoms with E-state index in [1.807, 2.05) is 32.9 Å². The number of ether oxygens (including phenoxy) is 5. The number of hydrogen-bond donors (Lipinski definition) is 3. The molecule has 56 heavy (non-hydrogen) atoms. The lowest BCUT2D eigenvalue weighted by molar-refractivity contribution is -0.302. The van der Waals surface area contributed by atoms with E-state index in [0.717, 1.165) is 5.57 Å². The number of piperidine rings is 1. The van der Waals surface area contributed by atoms with Gasteiger partial charge in [-0.05, 0) is 95.5 Å². The van der Waals surface area contributed by atoms with Crippen molar-refractivity contribution in [1.29, 1.82) is 0 Å². The largest absolute Gasteiger partial charge is 0.456 e. The number of cyclic esters (lactones) is 1. The number of rotatable bonds is 6. The zero-order valence-corrected chi connectivity index (χ0v) is 35.1. The SMILES string of the molecule is CCC1/C=C(\C)C[C@H](C)CC(OC)C2O[C@@](O)(C(=O)C(=O)N3CCCC[C@H]3C(=O)OC(/C(C)=C/[C@@H]3CC[C@@H](O)[C@H](OC)C3)[C@H](C)[C@@H](O)CC1=O)[C@H](C)C[C@@H]2OC. The zero-order valence-electron chi connectivity index (χ0n) is 35.1. The van der Waals surface area contributed by atoms with E-state index in [9.17, 15) is 34.5 Å². The van der Waals surface area contributed by atoms with Gasteiger partial charge in [-0.3, -0.25) is 14.4 Å². The molecule has 3 heterocycles. The molecular formula is C43H69NO12. The van der Waals surface area contributed by atoms with Gasteiger partial charge >= 0.3 is 5.97 Å². The third kappa shape index (κ3) is 10.7. The first-order valence-corrected chi connectivity index (χ1v) is 20.8. The predicted molar refractivity (Wildman–Crippen MR) is 208 cm³/mol. The van der Waals surface area contributed by atoms with Gasteiger partial charge in [0.2, 0.25) is 5.79 Å². The van der Waals surface area contributed by atoms with Crippen molar-refractivity contribution in [2.24, 2.45) is 29.6 Å². The van der Waals surface area contributed by atoms with Gasteiger partial charge in [-0.1, -0.05) is 45.4 Å². The Morgan fingerprint density at radius 1 is 0.911 bits per heavy atom. The molecule has 3 aliphatic heterocycles. The lowest BCUT2D eigenvalue weighted by Gasteiger charge is -2.47. The van der Waals surface area contributed by atoms with Gasteiger partial charge in [0, 0.05) is 52.0 Å². The molecule has 13 heteroatoms. The molecule has 2 saturated heterocycles. The number of carbonyl (C=O) groups is 4. The van der Waals surface area contributed by atoms with Crippen molar-refractivity contribution < 1.29 is 58.2 Å². The molecule has 14 atom stereocenters. The van der Waals surface area contributed by atoms with Gasteiger partial charge < -0.3 is 43.9 Å². The van der Waals surface area contributed by atoms with Crippen molar-refractivity contribution in [3.8, 4) is 0 Å². The molecule has 3 N–H and O–H groups in total. The van der Waals surface area contributed by atoms with Gasteiger partial charge in [0.25, 0.3) is 11.7 Å². The van der Waals surface area contributed by atoms with Crippen molar-refractivity contribution in [2.75, 3.05) is 27.9 Å².